The maximum Gasteiger partial charge on any atom is 0.0512 e. The number of para-hydroxylation sites is 1. The number of aryl methyl sites for hydroxylation is 3. The van der Waals surface area contributed by atoms with Gasteiger partial charge in [0.1, 0.15) is 0 Å². The molecule has 0 aliphatic rings. The van der Waals surface area contributed by atoms with Gasteiger partial charge in [-0.25, -0.2) is 0 Å². The Labute approximate surface area is 112 Å². The Kier molecular flexibility index (Phi) is 3.20. The first-order valence-electron chi connectivity index (χ1n) is 6.47. The fraction of sp³-hybridized carbons (Fsp3) is 0.250. The Morgan fingerprint density at radius 2 is 2.06 bits per heavy atom. The fourth-order valence-corrected chi connectivity index (χ4v) is 3.20. The predicted octanol–water partition coefficient (Wildman–Crippen LogP) is 4.51. The number of rotatable bonds is 4. The molecule has 0 amide bonds. The lowest BCUT2D eigenvalue weighted by Gasteiger charge is -2.08. The van der Waals surface area contributed by atoms with Crippen molar-refractivity contribution in [2.24, 2.45) is 0 Å². The summed E-state index contributed by atoms with van der Waals surface area (Å²) in [5.74, 6) is 0. The first-order chi connectivity index (χ1) is 8.88. The number of hydrogen-bond donors (Lipinski definition) is 0. The van der Waals surface area contributed by atoms with E-state index in [1.165, 1.54) is 21.3 Å². The van der Waals surface area contributed by atoms with Crippen LogP contribution in [-0.4, -0.2) is 4.57 Å². The standard InChI is InChI=1S/C16H17NS/c1-2-13-5-3-6-14-8-10-17(16(13)14)11-9-15-7-4-12-18-15/h3-8,10,12H,2,9,11H2,1H3. The van der Waals surface area contributed by atoms with E-state index in [2.05, 4.69) is 59.5 Å². The van der Waals surface area contributed by atoms with E-state index in [1.54, 1.807) is 0 Å². The van der Waals surface area contributed by atoms with Gasteiger partial charge >= 0.3 is 0 Å². The van der Waals surface area contributed by atoms with Gasteiger partial charge in [0, 0.05) is 17.6 Å². The highest BCUT2D eigenvalue weighted by Gasteiger charge is 2.05. The van der Waals surface area contributed by atoms with Crippen molar-refractivity contribution >= 4 is 22.2 Å². The molecule has 0 spiro atoms. The highest BCUT2D eigenvalue weighted by Crippen LogP contribution is 2.21. The predicted molar refractivity (Wildman–Crippen MR) is 79.3 cm³/mol. The Morgan fingerprint density at radius 3 is 2.83 bits per heavy atom. The van der Waals surface area contributed by atoms with Crippen LogP contribution in [0.1, 0.15) is 17.4 Å². The third-order valence-corrected chi connectivity index (χ3v) is 4.37. The molecule has 2 aromatic heterocycles. The summed E-state index contributed by atoms with van der Waals surface area (Å²) in [4.78, 5) is 1.46. The van der Waals surface area contributed by atoms with Gasteiger partial charge in [0.25, 0.3) is 0 Å². The fourth-order valence-electron chi connectivity index (χ4n) is 2.50. The highest BCUT2D eigenvalue weighted by molar-refractivity contribution is 7.09. The Hall–Kier alpha value is -1.54. The zero-order chi connectivity index (χ0) is 12.4. The van der Waals surface area contributed by atoms with Crippen molar-refractivity contribution in [1.29, 1.82) is 0 Å². The monoisotopic (exact) mass is 255 g/mol. The summed E-state index contributed by atoms with van der Waals surface area (Å²) in [6.07, 6.45) is 4.44. The average molecular weight is 255 g/mol. The summed E-state index contributed by atoms with van der Waals surface area (Å²) < 4.78 is 2.40. The van der Waals surface area contributed by atoms with Gasteiger partial charge in [-0.3, -0.25) is 0 Å². The molecular weight excluding hydrogens is 238 g/mol. The molecule has 3 rings (SSSR count). The quantitative estimate of drug-likeness (QED) is 0.646. The molecule has 2 heteroatoms. The molecule has 0 unspecified atom stereocenters. The normalized spacial score (nSPS) is 11.2. The largest absolute Gasteiger partial charge is 0.347 e. The summed E-state index contributed by atoms with van der Waals surface area (Å²) in [5.41, 5.74) is 2.86. The molecule has 0 saturated heterocycles. The van der Waals surface area contributed by atoms with Gasteiger partial charge in [-0.2, -0.15) is 0 Å². The van der Waals surface area contributed by atoms with Crippen molar-refractivity contribution < 1.29 is 0 Å². The molecule has 0 aliphatic carbocycles. The lowest BCUT2D eigenvalue weighted by Crippen LogP contribution is -2.00. The topological polar surface area (TPSA) is 4.93 Å². The number of benzene rings is 1. The van der Waals surface area contributed by atoms with Crippen molar-refractivity contribution in [2.75, 3.05) is 0 Å². The minimum atomic E-state index is 1.07. The second-order valence-corrected chi connectivity index (χ2v) is 5.58. The van der Waals surface area contributed by atoms with E-state index < -0.39 is 0 Å². The second kappa shape index (κ2) is 4.99. The zero-order valence-corrected chi connectivity index (χ0v) is 11.4. The van der Waals surface area contributed by atoms with E-state index in [0.717, 1.165) is 19.4 Å². The Balaban J connectivity index is 1.92. The van der Waals surface area contributed by atoms with E-state index >= 15 is 0 Å². The van der Waals surface area contributed by atoms with Gasteiger partial charge < -0.3 is 4.57 Å². The van der Waals surface area contributed by atoms with E-state index in [-0.39, 0.29) is 0 Å². The number of hydrogen-bond acceptors (Lipinski definition) is 1. The lowest BCUT2D eigenvalue weighted by atomic mass is 10.1. The van der Waals surface area contributed by atoms with Gasteiger partial charge in [-0.15, -0.1) is 11.3 Å². The molecule has 1 aromatic carbocycles. The molecule has 0 N–H and O–H groups in total. The van der Waals surface area contributed by atoms with Gasteiger partial charge in [-0.1, -0.05) is 31.2 Å². The SMILES string of the molecule is CCc1cccc2ccn(CCc3cccs3)c12. The van der Waals surface area contributed by atoms with Crippen molar-refractivity contribution in [3.63, 3.8) is 0 Å². The van der Waals surface area contributed by atoms with Crippen molar-refractivity contribution in [1.82, 2.24) is 4.57 Å². The number of fused-ring (bicyclic) bond motifs is 1. The molecule has 2 heterocycles. The van der Waals surface area contributed by atoms with Crippen LogP contribution in [0.3, 0.4) is 0 Å². The van der Waals surface area contributed by atoms with Crippen LogP contribution in [0.15, 0.2) is 48.0 Å². The second-order valence-electron chi connectivity index (χ2n) is 4.55. The van der Waals surface area contributed by atoms with Crippen LogP contribution in [0, 0.1) is 0 Å². The summed E-state index contributed by atoms with van der Waals surface area (Å²) in [5, 5.41) is 3.51. The third-order valence-electron chi connectivity index (χ3n) is 3.43. The number of thiophene rings is 1. The van der Waals surface area contributed by atoms with Crippen LogP contribution >= 0.6 is 11.3 Å². The van der Waals surface area contributed by atoms with Crippen LogP contribution in [0.2, 0.25) is 0 Å². The van der Waals surface area contributed by atoms with Gasteiger partial charge in [0.15, 0.2) is 0 Å². The van der Waals surface area contributed by atoms with E-state index in [4.69, 9.17) is 0 Å². The third kappa shape index (κ3) is 2.08. The number of nitrogens with zero attached hydrogens (tertiary/aromatic N) is 1. The molecule has 0 saturated carbocycles. The molecular formula is C16H17NS. The summed E-state index contributed by atoms with van der Waals surface area (Å²) >= 11 is 1.85. The molecule has 0 aliphatic heterocycles. The maximum atomic E-state index is 2.40. The van der Waals surface area contributed by atoms with Gasteiger partial charge in [0.2, 0.25) is 0 Å². The molecule has 0 bridgehead atoms. The van der Waals surface area contributed by atoms with E-state index in [1.807, 2.05) is 11.3 Å². The zero-order valence-electron chi connectivity index (χ0n) is 10.6. The average Bonchev–Trinajstić information content (AvgIpc) is 3.05. The van der Waals surface area contributed by atoms with Gasteiger partial charge in [0.05, 0.1) is 5.52 Å². The highest BCUT2D eigenvalue weighted by atomic mass is 32.1. The summed E-state index contributed by atoms with van der Waals surface area (Å²) in [6.45, 7) is 3.30. The first kappa shape index (κ1) is 11.5. The molecule has 0 fully saturated rings. The van der Waals surface area contributed by atoms with Gasteiger partial charge in [-0.05, 0) is 41.3 Å². The molecule has 0 atom stereocenters. The molecule has 3 aromatic rings. The minimum Gasteiger partial charge on any atom is -0.347 e. The van der Waals surface area contributed by atoms with Crippen LogP contribution in [0.5, 0.6) is 0 Å². The Morgan fingerprint density at radius 1 is 1.11 bits per heavy atom. The van der Waals surface area contributed by atoms with Crippen LogP contribution in [0.4, 0.5) is 0 Å². The van der Waals surface area contributed by atoms with E-state index in [9.17, 15) is 0 Å². The molecule has 0 radical (unpaired) electrons. The van der Waals surface area contributed by atoms with Crippen molar-refractivity contribution in [3.05, 3.63) is 58.4 Å². The summed E-state index contributed by atoms with van der Waals surface area (Å²) in [6, 6.07) is 13.2. The first-order valence-corrected chi connectivity index (χ1v) is 7.35. The van der Waals surface area contributed by atoms with Crippen LogP contribution in [0.25, 0.3) is 10.9 Å². The maximum absolute atomic E-state index is 2.40. The molecule has 1 nitrogen and oxygen atoms in total. The lowest BCUT2D eigenvalue weighted by molar-refractivity contribution is 0.727. The van der Waals surface area contributed by atoms with Crippen LogP contribution < -0.4 is 0 Å². The molecule has 92 valence electrons. The minimum absolute atomic E-state index is 1.07. The van der Waals surface area contributed by atoms with Crippen molar-refractivity contribution in [2.45, 2.75) is 26.3 Å². The Bertz CT molecular complexity index is 634. The smallest absolute Gasteiger partial charge is 0.0512 e. The van der Waals surface area contributed by atoms with Crippen molar-refractivity contribution in [3.8, 4) is 0 Å². The van der Waals surface area contributed by atoms with Crippen LogP contribution in [-0.2, 0) is 19.4 Å². The number of aromatic nitrogens is 1. The molecule has 18 heavy (non-hydrogen) atoms. The van der Waals surface area contributed by atoms with E-state index in [0.29, 0.717) is 0 Å². The summed E-state index contributed by atoms with van der Waals surface area (Å²) in [7, 11) is 0.